The van der Waals surface area contributed by atoms with Crippen molar-refractivity contribution in [3.63, 3.8) is 0 Å². The third-order valence-corrected chi connectivity index (χ3v) is 6.91. The molecule has 0 fully saturated rings. The molecule has 0 unspecified atom stereocenters. The standard InChI is InChI=1S/C22H30N2O5S/c1-5-24(6-2)30(26,27)21-16-18(11-14-20(21)29-4)22(25)23-15-7-8-17-9-12-19(28-3)13-10-17/h9-14,16H,5-8,15H2,1-4H3,(H,23,25). The van der Waals surface area contributed by atoms with Crippen LogP contribution in [0.3, 0.4) is 0 Å². The number of aryl methyl sites for hydroxylation is 1. The van der Waals surface area contributed by atoms with Crippen LogP contribution in [0.25, 0.3) is 0 Å². The van der Waals surface area contributed by atoms with E-state index >= 15 is 0 Å². The zero-order chi connectivity index (χ0) is 22.1. The Morgan fingerprint density at radius 3 is 2.23 bits per heavy atom. The monoisotopic (exact) mass is 434 g/mol. The number of benzene rings is 2. The zero-order valence-electron chi connectivity index (χ0n) is 18.0. The van der Waals surface area contributed by atoms with Gasteiger partial charge in [0.15, 0.2) is 0 Å². The summed E-state index contributed by atoms with van der Waals surface area (Å²) < 4.78 is 37.5. The number of carbonyl (C=O) groups is 1. The molecule has 0 saturated heterocycles. The Morgan fingerprint density at radius 1 is 1.00 bits per heavy atom. The lowest BCUT2D eigenvalue weighted by molar-refractivity contribution is 0.0953. The van der Waals surface area contributed by atoms with E-state index in [1.54, 1.807) is 27.0 Å². The molecule has 0 bridgehead atoms. The summed E-state index contributed by atoms with van der Waals surface area (Å²) >= 11 is 0. The van der Waals surface area contributed by atoms with Crippen molar-refractivity contribution in [1.82, 2.24) is 9.62 Å². The molecular weight excluding hydrogens is 404 g/mol. The number of sulfonamides is 1. The van der Waals surface area contributed by atoms with Crippen LogP contribution >= 0.6 is 0 Å². The molecule has 0 atom stereocenters. The van der Waals surface area contributed by atoms with Crippen molar-refractivity contribution >= 4 is 15.9 Å². The van der Waals surface area contributed by atoms with Crippen molar-refractivity contribution in [2.45, 2.75) is 31.6 Å². The minimum absolute atomic E-state index is 0.000386. The van der Waals surface area contributed by atoms with Gasteiger partial charge < -0.3 is 14.8 Å². The molecule has 0 aliphatic rings. The minimum atomic E-state index is -3.75. The van der Waals surface area contributed by atoms with E-state index in [1.165, 1.54) is 23.5 Å². The molecule has 2 aromatic carbocycles. The van der Waals surface area contributed by atoms with E-state index in [2.05, 4.69) is 5.32 Å². The maximum atomic E-state index is 12.9. The first kappa shape index (κ1) is 23.7. The highest BCUT2D eigenvalue weighted by Gasteiger charge is 2.26. The number of amides is 1. The maximum Gasteiger partial charge on any atom is 0.251 e. The molecule has 2 aromatic rings. The fourth-order valence-electron chi connectivity index (χ4n) is 3.11. The first-order valence-electron chi connectivity index (χ1n) is 9.96. The molecule has 0 aromatic heterocycles. The smallest absolute Gasteiger partial charge is 0.251 e. The van der Waals surface area contributed by atoms with E-state index in [1.807, 2.05) is 24.3 Å². The first-order chi connectivity index (χ1) is 14.4. The van der Waals surface area contributed by atoms with E-state index in [0.29, 0.717) is 19.6 Å². The van der Waals surface area contributed by atoms with Crippen molar-refractivity contribution < 1.29 is 22.7 Å². The maximum absolute atomic E-state index is 12.9. The Kier molecular flexibility index (Phi) is 8.68. The van der Waals surface area contributed by atoms with E-state index in [-0.39, 0.29) is 22.1 Å². The number of nitrogens with one attached hydrogen (secondary N) is 1. The number of hydrogen-bond acceptors (Lipinski definition) is 5. The molecule has 30 heavy (non-hydrogen) atoms. The Labute approximate surface area is 179 Å². The van der Waals surface area contributed by atoms with Crippen molar-refractivity contribution in [2.75, 3.05) is 33.9 Å². The van der Waals surface area contributed by atoms with Crippen molar-refractivity contribution in [3.8, 4) is 11.5 Å². The fourth-order valence-corrected chi connectivity index (χ4v) is 4.75. The third kappa shape index (κ3) is 5.73. The van der Waals surface area contributed by atoms with E-state index < -0.39 is 10.0 Å². The van der Waals surface area contributed by atoms with Crippen LogP contribution in [-0.2, 0) is 16.4 Å². The highest BCUT2D eigenvalue weighted by molar-refractivity contribution is 7.89. The number of rotatable bonds is 11. The largest absolute Gasteiger partial charge is 0.497 e. The van der Waals surface area contributed by atoms with Crippen LogP contribution in [0.15, 0.2) is 47.4 Å². The van der Waals surface area contributed by atoms with Crippen LogP contribution in [0.2, 0.25) is 0 Å². The molecule has 164 valence electrons. The lowest BCUT2D eigenvalue weighted by Gasteiger charge is -2.20. The van der Waals surface area contributed by atoms with Crippen LogP contribution in [0.4, 0.5) is 0 Å². The van der Waals surface area contributed by atoms with E-state index in [4.69, 9.17) is 9.47 Å². The lowest BCUT2D eigenvalue weighted by atomic mass is 10.1. The molecule has 1 amide bonds. The van der Waals surface area contributed by atoms with Crippen LogP contribution in [0, 0.1) is 0 Å². The van der Waals surface area contributed by atoms with E-state index in [9.17, 15) is 13.2 Å². The minimum Gasteiger partial charge on any atom is -0.497 e. The summed E-state index contributed by atoms with van der Waals surface area (Å²) in [5, 5.41) is 2.85. The number of hydrogen-bond donors (Lipinski definition) is 1. The van der Waals surface area contributed by atoms with Gasteiger partial charge in [-0.1, -0.05) is 26.0 Å². The quantitative estimate of drug-likeness (QED) is 0.550. The topological polar surface area (TPSA) is 84.9 Å². The molecule has 8 heteroatoms. The summed E-state index contributed by atoms with van der Waals surface area (Å²) in [5.74, 6) is 0.711. The van der Waals surface area contributed by atoms with Crippen LogP contribution < -0.4 is 14.8 Å². The molecule has 0 spiro atoms. The molecule has 0 radical (unpaired) electrons. The average molecular weight is 435 g/mol. The summed E-state index contributed by atoms with van der Waals surface area (Å²) in [7, 11) is -0.709. The number of carbonyl (C=O) groups excluding carboxylic acids is 1. The fraction of sp³-hybridized carbons (Fsp3) is 0.409. The van der Waals surface area contributed by atoms with Gasteiger partial charge in [-0.25, -0.2) is 8.42 Å². The van der Waals surface area contributed by atoms with Crippen LogP contribution in [0.5, 0.6) is 11.5 Å². The molecule has 0 heterocycles. The van der Waals surface area contributed by atoms with Crippen molar-refractivity contribution in [3.05, 3.63) is 53.6 Å². The highest BCUT2D eigenvalue weighted by Crippen LogP contribution is 2.28. The van der Waals surface area contributed by atoms with Gasteiger partial charge in [0.05, 0.1) is 14.2 Å². The Bertz CT molecular complexity index is 939. The summed E-state index contributed by atoms with van der Waals surface area (Å²) in [6, 6.07) is 12.3. The molecular formula is C22H30N2O5S. The predicted octanol–water partition coefficient (Wildman–Crippen LogP) is 3.10. The van der Waals surface area contributed by atoms with Gasteiger partial charge in [0, 0.05) is 25.2 Å². The number of nitrogens with zero attached hydrogens (tertiary/aromatic N) is 1. The second-order valence-corrected chi connectivity index (χ2v) is 8.57. The molecule has 0 saturated carbocycles. The molecule has 1 N–H and O–H groups in total. The summed E-state index contributed by atoms with van der Waals surface area (Å²) in [5.41, 5.74) is 1.44. The van der Waals surface area contributed by atoms with E-state index in [0.717, 1.165) is 24.2 Å². The summed E-state index contributed by atoms with van der Waals surface area (Å²) in [4.78, 5) is 12.5. The second-order valence-electron chi connectivity index (χ2n) is 6.66. The van der Waals surface area contributed by atoms with Crippen molar-refractivity contribution in [2.24, 2.45) is 0 Å². The van der Waals surface area contributed by atoms with Crippen LogP contribution in [0.1, 0.15) is 36.2 Å². The van der Waals surface area contributed by atoms with Gasteiger partial charge in [0.1, 0.15) is 16.4 Å². The number of methoxy groups -OCH3 is 2. The van der Waals surface area contributed by atoms with Gasteiger partial charge in [0.25, 0.3) is 5.91 Å². The SMILES string of the molecule is CCN(CC)S(=O)(=O)c1cc(C(=O)NCCCc2ccc(OC)cc2)ccc1OC. The number of ether oxygens (including phenoxy) is 2. The Morgan fingerprint density at radius 2 is 1.67 bits per heavy atom. The van der Waals surface area contributed by atoms with Crippen LogP contribution in [-0.4, -0.2) is 52.5 Å². The summed E-state index contributed by atoms with van der Waals surface area (Å²) in [6.07, 6.45) is 1.58. The second kappa shape index (κ2) is 11.0. The average Bonchev–Trinajstić information content (AvgIpc) is 2.77. The lowest BCUT2D eigenvalue weighted by Crippen LogP contribution is -2.31. The Hall–Kier alpha value is -2.58. The van der Waals surface area contributed by atoms with Gasteiger partial charge >= 0.3 is 0 Å². The van der Waals surface area contributed by atoms with Gasteiger partial charge in [-0.2, -0.15) is 4.31 Å². The Balaban J connectivity index is 2.05. The van der Waals surface area contributed by atoms with Gasteiger partial charge in [-0.3, -0.25) is 4.79 Å². The predicted molar refractivity (Wildman–Crippen MR) is 117 cm³/mol. The highest BCUT2D eigenvalue weighted by atomic mass is 32.2. The molecule has 7 nitrogen and oxygen atoms in total. The van der Waals surface area contributed by atoms with Crippen molar-refractivity contribution in [1.29, 1.82) is 0 Å². The van der Waals surface area contributed by atoms with Gasteiger partial charge in [-0.15, -0.1) is 0 Å². The van der Waals surface area contributed by atoms with Gasteiger partial charge in [-0.05, 0) is 48.7 Å². The zero-order valence-corrected chi connectivity index (χ0v) is 18.8. The molecule has 2 rings (SSSR count). The summed E-state index contributed by atoms with van der Waals surface area (Å²) in [6.45, 7) is 4.70. The normalized spacial score (nSPS) is 11.4. The van der Waals surface area contributed by atoms with Gasteiger partial charge in [0.2, 0.25) is 10.0 Å². The molecule has 0 aliphatic carbocycles. The molecule has 0 aliphatic heterocycles. The third-order valence-electron chi connectivity index (χ3n) is 4.84. The first-order valence-corrected chi connectivity index (χ1v) is 11.4.